The minimum atomic E-state index is 0.655. The number of thiophene rings is 1. The first kappa shape index (κ1) is 32.8. The molecule has 0 unspecified atom stereocenters. The van der Waals surface area contributed by atoms with Crippen molar-refractivity contribution in [3.05, 3.63) is 193 Å². The van der Waals surface area contributed by atoms with Gasteiger partial charge in [0.05, 0.1) is 11.0 Å². The maximum Gasteiger partial charge on any atom is 0.164 e. The molecule has 0 fully saturated rings. The molecule has 12 rings (SSSR count). The van der Waals surface area contributed by atoms with Crippen LogP contribution in [0.3, 0.4) is 0 Å². The molecule has 0 aliphatic carbocycles. The fourth-order valence-corrected chi connectivity index (χ4v) is 9.86. The number of benzene rings is 8. The van der Waals surface area contributed by atoms with E-state index in [2.05, 4.69) is 150 Å². The lowest BCUT2D eigenvalue weighted by Crippen LogP contribution is -2.00. The molecule has 4 aromatic heterocycles. The Morgan fingerprint density at radius 1 is 0.448 bits per heavy atom. The van der Waals surface area contributed by atoms with Crippen molar-refractivity contribution in [3.63, 3.8) is 0 Å². The second-order valence-corrected chi connectivity index (χ2v) is 15.9. The van der Waals surface area contributed by atoms with E-state index in [9.17, 15) is 0 Å². The van der Waals surface area contributed by atoms with E-state index < -0.39 is 0 Å². The molecule has 0 amide bonds. The molecule has 0 spiro atoms. The first-order valence-electron chi connectivity index (χ1n) is 19.5. The van der Waals surface area contributed by atoms with Crippen molar-refractivity contribution < 1.29 is 4.42 Å². The van der Waals surface area contributed by atoms with E-state index in [1.807, 2.05) is 47.7 Å². The molecular weight excluding hydrogens is 729 g/mol. The fourth-order valence-electron chi connectivity index (χ4n) is 8.68. The van der Waals surface area contributed by atoms with Crippen LogP contribution in [0.2, 0.25) is 0 Å². The van der Waals surface area contributed by atoms with Gasteiger partial charge in [-0.1, -0.05) is 133 Å². The highest BCUT2D eigenvalue weighted by Crippen LogP contribution is 2.42. The Morgan fingerprint density at radius 3 is 1.78 bits per heavy atom. The van der Waals surface area contributed by atoms with Gasteiger partial charge in [-0.3, -0.25) is 0 Å². The molecule has 4 heterocycles. The number of hydrogen-bond acceptors (Lipinski definition) is 5. The van der Waals surface area contributed by atoms with Gasteiger partial charge in [0.25, 0.3) is 0 Å². The normalized spacial score (nSPS) is 11.9. The number of furan rings is 1. The Morgan fingerprint density at radius 2 is 1.07 bits per heavy atom. The summed E-state index contributed by atoms with van der Waals surface area (Å²) in [5.74, 6) is 1.97. The molecule has 0 atom stereocenters. The number of nitrogens with zero attached hydrogens (tertiary/aromatic N) is 4. The molecule has 272 valence electrons. The van der Waals surface area contributed by atoms with Crippen LogP contribution in [0.5, 0.6) is 0 Å². The average molecular weight is 761 g/mol. The molecular formula is C52H32N4OS. The van der Waals surface area contributed by atoms with E-state index in [0.29, 0.717) is 17.5 Å². The standard InChI is InChI=1S/C52H32N4OS/c1-3-13-33(14-4-1)50-53-51(34-15-5-2-6-16-34)55-52(54-50)40-20-12-24-47-49(40)48-35(17-11-23-46(48)58-47)29-32-25-27-39-41-31-36(26-28-44(41)57-45(39)30-32)56-42-21-9-7-18-37(42)38-19-8-10-22-43(38)56/h1-28,30-31H,29H2. The van der Waals surface area contributed by atoms with Crippen LogP contribution in [0.25, 0.3) is 104 Å². The molecule has 0 bridgehead atoms. The van der Waals surface area contributed by atoms with E-state index >= 15 is 0 Å². The van der Waals surface area contributed by atoms with Crippen molar-refractivity contribution in [2.45, 2.75) is 6.42 Å². The van der Waals surface area contributed by atoms with Crippen molar-refractivity contribution in [2.75, 3.05) is 0 Å². The highest BCUT2D eigenvalue weighted by molar-refractivity contribution is 7.26. The highest BCUT2D eigenvalue weighted by atomic mass is 32.1. The molecule has 58 heavy (non-hydrogen) atoms. The van der Waals surface area contributed by atoms with Crippen LogP contribution >= 0.6 is 11.3 Å². The van der Waals surface area contributed by atoms with E-state index in [4.69, 9.17) is 19.4 Å². The molecule has 6 heteroatoms. The Hall–Kier alpha value is -7.41. The summed E-state index contributed by atoms with van der Waals surface area (Å²) in [6.45, 7) is 0. The minimum absolute atomic E-state index is 0.655. The quantitative estimate of drug-likeness (QED) is 0.169. The van der Waals surface area contributed by atoms with Crippen molar-refractivity contribution >= 4 is 75.3 Å². The van der Waals surface area contributed by atoms with Gasteiger partial charge in [-0.15, -0.1) is 11.3 Å². The molecule has 8 aromatic carbocycles. The second-order valence-electron chi connectivity index (χ2n) is 14.8. The van der Waals surface area contributed by atoms with E-state index in [1.54, 1.807) is 0 Å². The average Bonchev–Trinajstić information content (AvgIpc) is 3.96. The summed E-state index contributed by atoms with van der Waals surface area (Å²) in [5.41, 5.74) is 10.6. The third kappa shape index (κ3) is 5.26. The Labute approximate surface area is 337 Å². The molecule has 0 N–H and O–H groups in total. The lowest BCUT2D eigenvalue weighted by Gasteiger charge is -2.10. The van der Waals surface area contributed by atoms with Gasteiger partial charge in [0.15, 0.2) is 17.5 Å². The predicted molar refractivity (Wildman–Crippen MR) is 240 cm³/mol. The lowest BCUT2D eigenvalue weighted by atomic mass is 9.96. The summed E-state index contributed by atoms with van der Waals surface area (Å²) in [6.07, 6.45) is 0.749. The van der Waals surface area contributed by atoms with Crippen LogP contribution in [0.4, 0.5) is 0 Å². The summed E-state index contributed by atoms with van der Waals surface area (Å²) in [4.78, 5) is 15.2. The van der Waals surface area contributed by atoms with Crippen molar-refractivity contribution in [2.24, 2.45) is 0 Å². The third-order valence-corrected chi connectivity index (χ3v) is 12.4. The van der Waals surface area contributed by atoms with Crippen LogP contribution in [-0.4, -0.2) is 19.5 Å². The van der Waals surface area contributed by atoms with Gasteiger partial charge in [0, 0.05) is 64.1 Å². The minimum Gasteiger partial charge on any atom is -0.456 e. The highest BCUT2D eigenvalue weighted by Gasteiger charge is 2.20. The summed E-state index contributed by atoms with van der Waals surface area (Å²) in [5, 5.41) is 7.14. The van der Waals surface area contributed by atoms with Crippen LogP contribution in [-0.2, 0) is 6.42 Å². The molecule has 12 aromatic rings. The number of aromatic nitrogens is 4. The van der Waals surface area contributed by atoms with Gasteiger partial charge in [-0.05, 0) is 66.1 Å². The van der Waals surface area contributed by atoms with Crippen LogP contribution in [0.1, 0.15) is 11.1 Å². The van der Waals surface area contributed by atoms with Gasteiger partial charge >= 0.3 is 0 Å². The Bertz CT molecular complexity index is 3440. The molecule has 0 aliphatic heterocycles. The summed E-state index contributed by atoms with van der Waals surface area (Å²) >= 11 is 1.81. The van der Waals surface area contributed by atoms with Gasteiger partial charge in [0.2, 0.25) is 0 Å². The van der Waals surface area contributed by atoms with Gasteiger partial charge in [0.1, 0.15) is 11.2 Å². The van der Waals surface area contributed by atoms with Crippen molar-refractivity contribution in [1.29, 1.82) is 0 Å². The number of hydrogen-bond donors (Lipinski definition) is 0. The molecule has 0 radical (unpaired) electrons. The molecule has 0 aliphatic rings. The van der Waals surface area contributed by atoms with Gasteiger partial charge in [-0.2, -0.15) is 0 Å². The summed E-state index contributed by atoms with van der Waals surface area (Å²) in [6, 6.07) is 64.0. The zero-order valence-electron chi connectivity index (χ0n) is 31.1. The van der Waals surface area contributed by atoms with Crippen LogP contribution in [0, 0.1) is 0 Å². The summed E-state index contributed by atoms with van der Waals surface area (Å²) in [7, 11) is 0. The first-order valence-corrected chi connectivity index (χ1v) is 20.3. The maximum absolute atomic E-state index is 6.56. The van der Waals surface area contributed by atoms with E-state index in [0.717, 1.165) is 50.7 Å². The zero-order chi connectivity index (χ0) is 38.2. The number of para-hydroxylation sites is 2. The maximum atomic E-state index is 6.56. The SMILES string of the molecule is c1ccc(-c2nc(-c3ccccc3)nc(-c3cccc4sc5cccc(Cc6ccc7c(c6)oc6ccc(-n8c9ccccc9c9ccccc98)cc67)c5c34)n2)cc1. The Kier molecular flexibility index (Phi) is 7.40. The van der Waals surface area contributed by atoms with Crippen molar-refractivity contribution in [3.8, 4) is 39.9 Å². The predicted octanol–water partition coefficient (Wildman–Crippen LogP) is 13.8. The van der Waals surface area contributed by atoms with Gasteiger partial charge in [-0.25, -0.2) is 15.0 Å². The van der Waals surface area contributed by atoms with Crippen LogP contribution < -0.4 is 0 Å². The zero-order valence-corrected chi connectivity index (χ0v) is 31.9. The van der Waals surface area contributed by atoms with Crippen LogP contribution in [0.15, 0.2) is 186 Å². The number of rotatable bonds is 6. The fraction of sp³-hybridized carbons (Fsp3) is 0.0192. The second kappa shape index (κ2) is 13.1. The molecule has 5 nitrogen and oxygen atoms in total. The largest absolute Gasteiger partial charge is 0.456 e. The first-order chi connectivity index (χ1) is 28.7. The van der Waals surface area contributed by atoms with Gasteiger partial charge < -0.3 is 8.98 Å². The van der Waals surface area contributed by atoms with E-state index in [1.165, 1.54) is 53.1 Å². The monoisotopic (exact) mass is 760 g/mol. The third-order valence-electron chi connectivity index (χ3n) is 11.3. The molecule has 0 saturated heterocycles. The molecule has 0 saturated carbocycles. The lowest BCUT2D eigenvalue weighted by molar-refractivity contribution is 0.668. The summed E-state index contributed by atoms with van der Waals surface area (Å²) < 4.78 is 11.4. The Balaban J connectivity index is 0.971. The smallest absolute Gasteiger partial charge is 0.164 e. The van der Waals surface area contributed by atoms with E-state index in [-0.39, 0.29) is 0 Å². The topological polar surface area (TPSA) is 56.7 Å². The number of fused-ring (bicyclic) bond motifs is 9. The van der Waals surface area contributed by atoms with Crippen molar-refractivity contribution in [1.82, 2.24) is 19.5 Å².